The van der Waals surface area contributed by atoms with E-state index in [1.807, 2.05) is 30.7 Å². The highest BCUT2D eigenvalue weighted by Crippen LogP contribution is 2.35. The van der Waals surface area contributed by atoms with Crippen molar-refractivity contribution in [1.82, 2.24) is 4.57 Å². The summed E-state index contributed by atoms with van der Waals surface area (Å²) in [6.45, 7) is 1.19. The van der Waals surface area contributed by atoms with E-state index >= 15 is 0 Å². The minimum atomic E-state index is -3.37. The number of ether oxygens (including phenoxy) is 1. The number of nitrogens with zero attached hydrogens (tertiary/aromatic N) is 1. The molecule has 1 heterocycles. The van der Waals surface area contributed by atoms with Crippen LogP contribution < -0.4 is 9.46 Å². The van der Waals surface area contributed by atoms with E-state index in [2.05, 4.69) is 9.46 Å². The predicted octanol–water partition coefficient (Wildman–Crippen LogP) is 4.86. The van der Waals surface area contributed by atoms with Gasteiger partial charge in [-0.1, -0.05) is 18.2 Å². The van der Waals surface area contributed by atoms with Gasteiger partial charge >= 0.3 is 6.61 Å². The van der Waals surface area contributed by atoms with Crippen LogP contribution in [0.1, 0.15) is 19.9 Å². The van der Waals surface area contributed by atoms with Crippen LogP contribution in [0.2, 0.25) is 0 Å². The number of halogens is 2. The Morgan fingerprint density at radius 2 is 1.74 bits per heavy atom. The molecule has 144 valence electrons. The Hall–Kier alpha value is -2.61. The number of fused-ring (bicyclic) bond motifs is 1. The molecule has 0 bridgehead atoms. The second-order valence-corrected chi connectivity index (χ2v) is 8.30. The SMILES string of the molecule is CC(C)n1cc(-c2ccc(OC(F)F)cc2)c2ccc(NS(C)(=O)=O)cc21. The minimum absolute atomic E-state index is 0.0981. The molecule has 0 amide bonds. The number of anilines is 1. The van der Waals surface area contributed by atoms with Crippen LogP contribution >= 0.6 is 0 Å². The van der Waals surface area contributed by atoms with Gasteiger partial charge in [-0.25, -0.2) is 8.42 Å². The van der Waals surface area contributed by atoms with E-state index in [0.29, 0.717) is 5.69 Å². The van der Waals surface area contributed by atoms with E-state index in [-0.39, 0.29) is 11.8 Å². The van der Waals surface area contributed by atoms with Gasteiger partial charge in [0, 0.05) is 23.2 Å². The minimum Gasteiger partial charge on any atom is -0.435 e. The molecule has 0 aliphatic carbocycles. The van der Waals surface area contributed by atoms with E-state index in [9.17, 15) is 17.2 Å². The molecule has 0 fully saturated rings. The Bertz CT molecular complexity index is 1060. The maximum Gasteiger partial charge on any atom is 0.387 e. The summed E-state index contributed by atoms with van der Waals surface area (Å²) in [6, 6.07) is 11.9. The molecule has 2 aromatic carbocycles. The van der Waals surface area contributed by atoms with Crippen LogP contribution in [0, 0.1) is 0 Å². The molecule has 0 saturated heterocycles. The van der Waals surface area contributed by atoms with E-state index in [4.69, 9.17) is 0 Å². The number of benzene rings is 2. The molecule has 0 saturated carbocycles. The van der Waals surface area contributed by atoms with E-state index in [1.54, 1.807) is 24.3 Å². The number of hydrogen-bond donors (Lipinski definition) is 1. The molecule has 0 atom stereocenters. The first-order valence-corrected chi connectivity index (χ1v) is 10.2. The smallest absolute Gasteiger partial charge is 0.387 e. The Kier molecular flexibility index (Phi) is 5.10. The van der Waals surface area contributed by atoms with Crippen LogP contribution in [0.3, 0.4) is 0 Å². The summed E-state index contributed by atoms with van der Waals surface area (Å²) < 4.78 is 56.6. The highest BCUT2D eigenvalue weighted by atomic mass is 32.2. The highest BCUT2D eigenvalue weighted by molar-refractivity contribution is 7.92. The second kappa shape index (κ2) is 7.19. The van der Waals surface area contributed by atoms with Gasteiger partial charge in [0.25, 0.3) is 0 Å². The quantitative estimate of drug-likeness (QED) is 0.649. The topological polar surface area (TPSA) is 60.3 Å². The molecule has 0 spiro atoms. The van der Waals surface area contributed by atoms with Gasteiger partial charge in [-0.3, -0.25) is 4.72 Å². The van der Waals surface area contributed by atoms with Gasteiger partial charge in [-0.2, -0.15) is 8.78 Å². The van der Waals surface area contributed by atoms with Crippen molar-refractivity contribution in [3.8, 4) is 16.9 Å². The van der Waals surface area contributed by atoms with Gasteiger partial charge < -0.3 is 9.30 Å². The third-order valence-corrected chi connectivity index (χ3v) is 4.69. The van der Waals surface area contributed by atoms with E-state index in [1.165, 1.54) is 12.1 Å². The Morgan fingerprint density at radius 3 is 2.30 bits per heavy atom. The zero-order valence-corrected chi connectivity index (χ0v) is 15.9. The van der Waals surface area contributed by atoms with Crippen molar-refractivity contribution >= 4 is 26.6 Å². The number of nitrogens with one attached hydrogen (secondary N) is 1. The van der Waals surface area contributed by atoms with Crippen LogP contribution in [-0.4, -0.2) is 25.9 Å². The van der Waals surface area contributed by atoms with E-state index < -0.39 is 16.6 Å². The zero-order valence-electron chi connectivity index (χ0n) is 15.1. The van der Waals surface area contributed by atoms with Crippen molar-refractivity contribution in [2.24, 2.45) is 0 Å². The molecule has 3 aromatic rings. The molecule has 8 heteroatoms. The third-order valence-electron chi connectivity index (χ3n) is 4.08. The van der Waals surface area contributed by atoms with Crippen LogP contribution in [0.5, 0.6) is 5.75 Å². The number of alkyl halides is 2. The van der Waals surface area contributed by atoms with Gasteiger partial charge in [-0.15, -0.1) is 0 Å². The van der Waals surface area contributed by atoms with E-state index in [0.717, 1.165) is 28.3 Å². The van der Waals surface area contributed by atoms with Gasteiger partial charge in [0.1, 0.15) is 5.75 Å². The fourth-order valence-corrected chi connectivity index (χ4v) is 3.56. The fraction of sp³-hybridized carbons (Fsp3) is 0.263. The van der Waals surface area contributed by atoms with Gasteiger partial charge in [0.05, 0.1) is 17.5 Å². The number of sulfonamides is 1. The van der Waals surface area contributed by atoms with Gasteiger partial charge in [0.15, 0.2) is 0 Å². The second-order valence-electron chi connectivity index (χ2n) is 6.55. The fourth-order valence-electron chi connectivity index (χ4n) is 3.00. The maximum absolute atomic E-state index is 12.3. The largest absolute Gasteiger partial charge is 0.435 e. The van der Waals surface area contributed by atoms with Crippen LogP contribution in [-0.2, 0) is 10.0 Å². The molecular weight excluding hydrogens is 374 g/mol. The molecular formula is C19H20F2N2O3S. The van der Waals surface area contributed by atoms with Crippen molar-refractivity contribution in [2.75, 3.05) is 11.0 Å². The summed E-state index contributed by atoms with van der Waals surface area (Å²) >= 11 is 0. The van der Waals surface area contributed by atoms with Crippen molar-refractivity contribution in [1.29, 1.82) is 0 Å². The molecule has 0 aliphatic heterocycles. The summed E-state index contributed by atoms with van der Waals surface area (Å²) in [5.74, 6) is 0.0981. The number of hydrogen-bond acceptors (Lipinski definition) is 3. The highest BCUT2D eigenvalue weighted by Gasteiger charge is 2.14. The maximum atomic E-state index is 12.3. The first kappa shape index (κ1) is 19.2. The van der Waals surface area contributed by atoms with Crippen molar-refractivity contribution in [3.63, 3.8) is 0 Å². The average molecular weight is 394 g/mol. The lowest BCUT2D eigenvalue weighted by molar-refractivity contribution is -0.0498. The summed E-state index contributed by atoms with van der Waals surface area (Å²) in [5, 5.41) is 0.935. The lowest BCUT2D eigenvalue weighted by atomic mass is 10.0. The predicted molar refractivity (Wildman–Crippen MR) is 103 cm³/mol. The molecule has 1 N–H and O–H groups in total. The van der Waals surface area contributed by atoms with Crippen LogP contribution in [0.4, 0.5) is 14.5 Å². The first-order valence-electron chi connectivity index (χ1n) is 8.31. The first-order chi connectivity index (χ1) is 12.6. The Balaban J connectivity index is 2.08. The Labute approximate surface area is 156 Å². The number of rotatable bonds is 6. The molecule has 0 unspecified atom stereocenters. The lowest BCUT2D eigenvalue weighted by Crippen LogP contribution is -2.09. The zero-order chi connectivity index (χ0) is 19.8. The van der Waals surface area contributed by atoms with Crippen LogP contribution in [0.25, 0.3) is 22.0 Å². The molecule has 3 rings (SSSR count). The average Bonchev–Trinajstić information content (AvgIpc) is 2.92. The Morgan fingerprint density at radius 1 is 1.07 bits per heavy atom. The van der Waals surface area contributed by atoms with Crippen molar-refractivity contribution in [3.05, 3.63) is 48.7 Å². The lowest BCUT2D eigenvalue weighted by Gasteiger charge is -2.10. The monoisotopic (exact) mass is 394 g/mol. The van der Waals surface area contributed by atoms with Crippen LogP contribution in [0.15, 0.2) is 48.7 Å². The summed E-state index contributed by atoms with van der Waals surface area (Å²) in [6.07, 6.45) is 3.08. The molecule has 1 aromatic heterocycles. The van der Waals surface area contributed by atoms with Gasteiger partial charge in [-0.05, 0) is 43.7 Å². The normalized spacial score (nSPS) is 12.1. The molecule has 27 heavy (non-hydrogen) atoms. The molecule has 0 radical (unpaired) electrons. The van der Waals surface area contributed by atoms with Crippen molar-refractivity contribution in [2.45, 2.75) is 26.5 Å². The van der Waals surface area contributed by atoms with Crippen molar-refractivity contribution < 1.29 is 21.9 Å². The number of aromatic nitrogens is 1. The summed E-state index contributed by atoms with van der Waals surface area (Å²) in [4.78, 5) is 0. The third kappa shape index (κ3) is 4.39. The molecule has 0 aliphatic rings. The van der Waals surface area contributed by atoms with Gasteiger partial charge in [0.2, 0.25) is 10.0 Å². The standard InChI is InChI=1S/C19H20F2N2O3S/c1-12(2)23-11-17(13-4-7-15(8-5-13)26-19(20)21)16-9-6-14(10-18(16)23)22-27(3,24)25/h4-12,19,22H,1-3H3. The summed E-state index contributed by atoms with van der Waals surface area (Å²) in [7, 11) is -3.37. The summed E-state index contributed by atoms with van der Waals surface area (Å²) in [5.41, 5.74) is 3.14. The molecule has 5 nitrogen and oxygen atoms in total.